The molecule has 0 radical (unpaired) electrons. The van der Waals surface area contributed by atoms with Crippen molar-refractivity contribution in [1.82, 2.24) is 9.78 Å². The highest BCUT2D eigenvalue weighted by Gasteiger charge is 2.06. The highest BCUT2D eigenvalue weighted by atomic mass is 127. The summed E-state index contributed by atoms with van der Waals surface area (Å²) in [6.07, 6.45) is 3.74. The second kappa shape index (κ2) is 6.15. The van der Waals surface area contributed by atoms with E-state index in [1.165, 1.54) is 15.7 Å². The Morgan fingerprint density at radius 1 is 1.14 bits per heavy atom. The number of hydrogen-bond donors (Lipinski definition) is 0. The predicted molar refractivity (Wildman–Crippen MR) is 90.9 cm³/mol. The number of halogens is 3. The van der Waals surface area contributed by atoms with E-state index in [0.29, 0.717) is 17.1 Å². The molecule has 3 rings (SSSR count). The summed E-state index contributed by atoms with van der Waals surface area (Å²) >= 11 is 8.36. The van der Waals surface area contributed by atoms with Gasteiger partial charge in [0.05, 0.1) is 12.7 Å². The maximum Gasteiger partial charge on any atom is 0.123 e. The van der Waals surface area contributed by atoms with Crippen LogP contribution in [0.15, 0.2) is 54.9 Å². The zero-order valence-corrected chi connectivity index (χ0v) is 13.8. The molecular weight excluding hydrogens is 402 g/mol. The summed E-state index contributed by atoms with van der Waals surface area (Å²) in [5.41, 5.74) is 2.86. The molecule has 0 saturated heterocycles. The Morgan fingerprint density at radius 2 is 2.00 bits per heavy atom. The van der Waals surface area contributed by atoms with Gasteiger partial charge in [-0.25, -0.2) is 4.39 Å². The molecule has 2 aromatic carbocycles. The van der Waals surface area contributed by atoms with Crippen LogP contribution in [0, 0.1) is 9.39 Å². The van der Waals surface area contributed by atoms with E-state index < -0.39 is 0 Å². The molecule has 1 aromatic heterocycles. The lowest BCUT2D eigenvalue weighted by Gasteiger charge is -2.04. The highest BCUT2D eigenvalue weighted by molar-refractivity contribution is 14.1. The largest absolute Gasteiger partial charge is 0.268 e. The zero-order chi connectivity index (χ0) is 14.8. The maximum atomic E-state index is 13.3. The van der Waals surface area contributed by atoms with Crippen molar-refractivity contribution in [2.45, 2.75) is 6.54 Å². The Kier molecular flexibility index (Phi) is 4.26. The summed E-state index contributed by atoms with van der Waals surface area (Å²) in [6, 6.07) is 12.5. The SMILES string of the molecule is Fc1ccc(Cl)c(Cn2cc(-c3cccc(I)c3)cn2)c1. The van der Waals surface area contributed by atoms with Crippen molar-refractivity contribution in [2.75, 3.05) is 0 Å². The summed E-state index contributed by atoms with van der Waals surface area (Å²) in [5.74, 6) is -0.292. The van der Waals surface area contributed by atoms with Gasteiger partial charge in [-0.3, -0.25) is 4.68 Å². The molecule has 5 heteroatoms. The third-order valence-corrected chi connectivity index (χ3v) is 4.17. The number of rotatable bonds is 3. The van der Waals surface area contributed by atoms with Gasteiger partial charge in [0.25, 0.3) is 0 Å². The van der Waals surface area contributed by atoms with Crippen molar-refractivity contribution in [2.24, 2.45) is 0 Å². The molecule has 0 aliphatic heterocycles. The van der Waals surface area contributed by atoms with Crippen molar-refractivity contribution in [1.29, 1.82) is 0 Å². The van der Waals surface area contributed by atoms with E-state index in [1.54, 1.807) is 16.9 Å². The summed E-state index contributed by atoms with van der Waals surface area (Å²) in [4.78, 5) is 0. The lowest BCUT2D eigenvalue weighted by molar-refractivity contribution is 0.619. The van der Waals surface area contributed by atoms with Crippen molar-refractivity contribution in [3.8, 4) is 11.1 Å². The monoisotopic (exact) mass is 412 g/mol. The molecule has 1 heterocycles. The highest BCUT2D eigenvalue weighted by Crippen LogP contribution is 2.22. The Balaban J connectivity index is 1.87. The molecule has 0 saturated carbocycles. The Bertz CT molecular complexity index is 785. The van der Waals surface area contributed by atoms with Gasteiger partial charge in [-0.1, -0.05) is 23.7 Å². The van der Waals surface area contributed by atoms with Gasteiger partial charge in [-0.15, -0.1) is 0 Å². The minimum Gasteiger partial charge on any atom is -0.268 e. The normalized spacial score (nSPS) is 10.8. The van der Waals surface area contributed by atoms with Crippen LogP contribution < -0.4 is 0 Å². The van der Waals surface area contributed by atoms with E-state index in [-0.39, 0.29) is 5.82 Å². The average molecular weight is 413 g/mol. The van der Waals surface area contributed by atoms with Crippen LogP contribution in [0.1, 0.15) is 5.56 Å². The summed E-state index contributed by atoms with van der Waals surface area (Å²) in [7, 11) is 0. The first-order valence-corrected chi connectivity index (χ1v) is 7.80. The zero-order valence-electron chi connectivity index (χ0n) is 10.9. The van der Waals surface area contributed by atoms with Crippen LogP contribution in [0.25, 0.3) is 11.1 Å². The van der Waals surface area contributed by atoms with E-state index in [4.69, 9.17) is 11.6 Å². The topological polar surface area (TPSA) is 17.8 Å². The fourth-order valence-corrected chi connectivity index (χ4v) is 2.83. The molecule has 106 valence electrons. The first kappa shape index (κ1) is 14.5. The first-order chi connectivity index (χ1) is 10.1. The molecule has 0 N–H and O–H groups in total. The van der Waals surface area contributed by atoms with Gasteiger partial charge in [0.2, 0.25) is 0 Å². The number of aromatic nitrogens is 2. The standard InChI is InChI=1S/C16H11ClFIN2/c17-16-5-4-14(18)6-12(16)9-21-10-13(8-20-21)11-2-1-3-15(19)7-11/h1-8,10H,9H2. The van der Waals surface area contributed by atoms with Crippen molar-refractivity contribution in [3.05, 3.63) is 74.8 Å². The van der Waals surface area contributed by atoms with E-state index in [9.17, 15) is 4.39 Å². The molecule has 0 bridgehead atoms. The van der Waals surface area contributed by atoms with Crippen LogP contribution >= 0.6 is 34.2 Å². The van der Waals surface area contributed by atoms with Crippen molar-refractivity contribution < 1.29 is 4.39 Å². The number of nitrogens with zero attached hydrogens (tertiary/aromatic N) is 2. The van der Waals surface area contributed by atoms with Crippen LogP contribution in [-0.4, -0.2) is 9.78 Å². The van der Waals surface area contributed by atoms with Gasteiger partial charge in [-0.05, 0) is 64.0 Å². The molecule has 0 aliphatic rings. The Morgan fingerprint density at radius 3 is 2.81 bits per heavy atom. The second-order valence-corrected chi connectivity index (χ2v) is 6.33. The molecule has 0 unspecified atom stereocenters. The Hall–Kier alpha value is -1.40. The minimum absolute atomic E-state index is 0.292. The third-order valence-electron chi connectivity index (χ3n) is 3.13. The smallest absolute Gasteiger partial charge is 0.123 e. The van der Waals surface area contributed by atoms with E-state index in [1.807, 2.05) is 24.4 Å². The number of benzene rings is 2. The van der Waals surface area contributed by atoms with Crippen LogP contribution in [0.4, 0.5) is 4.39 Å². The fourth-order valence-electron chi connectivity index (χ4n) is 2.11. The van der Waals surface area contributed by atoms with Gasteiger partial charge >= 0.3 is 0 Å². The molecule has 0 aliphatic carbocycles. The molecule has 0 spiro atoms. The lowest BCUT2D eigenvalue weighted by atomic mass is 10.1. The maximum absolute atomic E-state index is 13.3. The Labute approximate surface area is 140 Å². The summed E-state index contributed by atoms with van der Waals surface area (Å²) in [6.45, 7) is 0.445. The molecular formula is C16H11ClFIN2. The molecule has 0 atom stereocenters. The van der Waals surface area contributed by atoms with Gasteiger partial charge in [-0.2, -0.15) is 5.10 Å². The predicted octanol–water partition coefficient (Wildman–Crippen LogP) is 5.00. The molecule has 3 aromatic rings. The summed E-state index contributed by atoms with van der Waals surface area (Å²) in [5, 5.41) is 4.87. The molecule has 0 amide bonds. The second-order valence-electron chi connectivity index (χ2n) is 4.67. The number of hydrogen-bond acceptors (Lipinski definition) is 1. The van der Waals surface area contributed by atoms with Gasteiger partial charge in [0.15, 0.2) is 0 Å². The lowest BCUT2D eigenvalue weighted by Crippen LogP contribution is -2.01. The van der Waals surface area contributed by atoms with E-state index in [0.717, 1.165) is 11.1 Å². The van der Waals surface area contributed by atoms with E-state index >= 15 is 0 Å². The average Bonchev–Trinajstić information content (AvgIpc) is 2.91. The minimum atomic E-state index is -0.292. The van der Waals surface area contributed by atoms with Gasteiger partial charge in [0, 0.05) is 20.4 Å². The van der Waals surface area contributed by atoms with Gasteiger partial charge < -0.3 is 0 Å². The van der Waals surface area contributed by atoms with Crippen LogP contribution in [0.3, 0.4) is 0 Å². The fraction of sp³-hybridized carbons (Fsp3) is 0.0625. The summed E-state index contributed by atoms with van der Waals surface area (Å²) < 4.78 is 16.2. The van der Waals surface area contributed by atoms with Crippen molar-refractivity contribution >= 4 is 34.2 Å². The van der Waals surface area contributed by atoms with Crippen LogP contribution in [0.5, 0.6) is 0 Å². The quantitative estimate of drug-likeness (QED) is 0.554. The van der Waals surface area contributed by atoms with Crippen LogP contribution in [0.2, 0.25) is 5.02 Å². The van der Waals surface area contributed by atoms with Crippen LogP contribution in [-0.2, 0) is 6.54 Å². The van der Waals surface area contributed by atoms with Gasteiger partial charge in [0.1, 0.15) is 5.82 Å². The first-order valence-electron chi connectivity index (χ1n) is 6.34. The van der Waals surface area contributed by atoms with E-state index in [2.05, 4.69) is 33.8 Å². The van der Waals surface area contributed by atoms with Crippen molar-refractivity contribution in [3.63, 3.8) is 0 Å². The third kappa shape index (κ3) is 3.44. The molecule has 2 nitrogen and oxygen atoms in total. The molecule has 21 heavy (non-hydrogen) atoms. The molecule has 0 fully saturated rings.